The summed E-state index contributed by atoms with van der Waals surface area (Å²) in [7, 11) is 0. The lowest BCUT2D eigenvalue weighted by Gasteiger charge is -2.29. The van der Waals surface area contributed by atoms with E-state index >= 15 is 0 Å². The Morgan fingerprint density at radius 3 is 2.27 bits per heavy atom. The molecule has 0 aromatic heterocycles. The summed E-state index contributed by atoms with van der Waals surface area (Å²) >= 11 is 0. The van der Waals surface area contributed by atoms with Gasteiger partial charge in [0.05, 0.1) is 6.04 Å². The molecular weight excluding hydrogens is 274 g/mol. The number of rotatable bonds is 5. The maximum atomic E-state index is 12.5. The molecular formula is C19H21NO2. The van der Waals surface area contributed by atoms with Crippen molar-refractivity contribution in [3.63, 3.8) is 0 Å². The van der Waals surface area contributed by atoms with Crippen molar-refractivity contribution in [1.82, 2.24) is 4.90 Å². The average molecular weight is 295 g/mol. The Bertz CT molecular complexity index is 608. The first kappa shape index (κ1) is 14.6. The lowest BCUT2D eigenvalue weighted by Crippen LogP contribution is -2.35. The number of benzene rings is 2. The van der Waals surface area contributed by atoms with E-state index in [1.807, 2.05) is 53.4 Å². The molecule has 114 valence electrons. The maximum Gasteiger partial charge on any atom is 0.410 e. The summed E-state index contributed by atoms with van der Waals surface area (Å²) in [6.45, 7) is 2.39. The predicted molar refractivity (Wildman–Crippen MR) is 86.3 cm³/mol. The number of amides is 1. The van der Waals surface area contributed by atoms with Gasteiger partial charge in [0.1, 0.15) is 6.61 Å². The second kappa shape index (κ2) is 6.65. The van der Waals surface area contributed by atoms with Gasteiger partial charge in [-0.2, -0.15) is 0 Å². The Morgan fingerprint density at radius 2 is 1.68 bits per heavy atom. The number of hydrogen-bond acceptors (Lipinski definition) is 2. The molecule has 0 radical (unpaired) electrons. The van der Waals surface area contributed by atoms with E-state index in [0.717, 1.165) is 24.0 Å². The Kier molecular flexibility index (Phi) is 4.42. The molecule has 22 heavy (non-hydrogen) atoms. The smallest absolute Gasteiger partial charge is 0.410 e. The minimum atomic E-state index is -0.220. The molecule has 0 aliphatic heterocycles. The standard InChI is InChI=1S/C19H21NO2/c1-15(17-10-6-3-7-11-17)20(18-12-13-18)19(21)22-14-16-8-4-2-5-9-16/h2-11,15,18H,12-14H2,1H3. The molecule has 0 spiro atoms. The number of carbonyl (C=O) groups is 1. The maximum absolute atomic E-state index is 12.5. The fourth-order valence-electron chi connectivity index (χ4n) is 2.66. The molecule has 3 rings (SSSR count). The third-order valence-corrected chi connectivity index (χ3v) is 4.06. The van der Waals surface area contributed by atoms with Crippen LogP contribution in [-0.2, 0) is 11.3 Å². The molecule has 1 unspecified atom stereocenters. The van der Waals surface area contributed by atoms with E-state index in [0.29, 0.717) is 12.6 Å². The largest absolute Gasteiger partial charge is 0.445 e. The van der Waals surface area contributed by atoms with Gasteiger partial charge >= 0.3 is 6.09 Å². The van der Waals surface area contributed by atoms with Crippen molar-refractivity contribution >= 4 is 6.09 Å². The van der Waals surface area contributed by atoms with Gasteiger partial charge in [0.15, 0.2) is 0 Å². The second-order valence-corrected chi connectivity index (χ2v) is 5.77. The normalized spacial score (nSPS) is 15.1. The monoisotopic (exact) mass is 295 g/mol. The molecule has 1 aliphatic rings. The highest BCUT2D eigenvalue weighted by Gasteiger charge is 2.37. The van der Waals surface area contributed by atoms with Gasteiger partial charge in [-0.15, -0.1) is 0 Å². The van der Waals surface area contributed by atoms with Crippen LogP contribution >= 0.6 is 0 Å². The van der Waals surface area contributed by atoms with Gasteiger partial charge in [-0.1, -0.05) is 60.7 Å². The SMILES string of the molecule is CC(c1ccccc1)N(C(=O)OCc1ccccc1)C1CC1. The first-order valence-electron chi connectivity index (χ1n) is 7.79. The van der Waals surface area contributed by atoms with E-state index in [9.17, 15) is 4.79 Å². The zero-order chi connectivity index (χ0) is 15.4. The Labute approximate surface area is 131 Å². The molecule has 0 N–H and O–H groups in total. The van der Waals surface area contributed by atoms with Crippen molar-refractivity contribution in [2.45, 2.75) is 38.5 Å². The summed E-state index contributed by atoms with van der Waals surface area (Å²) in [5.41, 5.74) is 2.16. The molecule has 0 bridgehead atoms. The Morgan fingerprint density at radius 1 is 1.09 bits per heavy atom. The van der Waals surface area contributed by atoms with E-state index in [2.05, 4.69) is 19.1 Å². The van der Waals surface area contributed by atoms with Crippen LogP contribution in [0.5, 0.6) is 0 Å². The number of hydrogen-bond donors (Lipinski definition) is 0. The molecule has 1 fully saturated rings. The highest BCUT2D eigenvalue weighted by molar-refractivity contribution is 5.69. The van der Waals surface area contributed by atoms with Gasteiger partial charge in [-0.25, -0.2) is 4.79 Å². The molecule has 0 heterocycles. The van der Waals surface area contributed by atoms with Gasteiger partial charge in [0, 0.05) is 6.04 Å². The Hall–Kier alpha value is -2.29. The van der Waals surface area contributed by atoms with Crippen molar-refractivity contribution in [1.29, 1.82) is 0 Å². The van der Waals surface area contributed by atoms with E-state index < -0.39 is 0 Å². The van der Waals surface area contributed by atoms with Crippen LogP contribution < -0.4 is 0 Å². The molecule has 3 heteroatoms. The third-order valence-electron chi connectivity index (χ3n) is 4.06. The van der Waals surface area contributed by atoms with Crippen LogP contribution in [0.1, 0.15) is 36.9 Å². The van der Waals surface area contributed by atoms with Crippen LogP contribution in [0.15, 0.2) is 60.7 Å². The number of ether oxygens (including phenoxy) is 1. The minimum Gasteiger partial charge on any atom is -0.445 e. The van der Waals surface area contributed by atoms with E-state index in [4.69, 9.17) is 4.74 Å². The molecule has 0 saturated heterocycles. The van der Waals surface area contributed by atoms with Gasteiger partial charge in [0.2, 0.25) is 0 Å². The van der Waals surface area contributed by atoms with E-state index in [-0.39, 0.29) is 12.1 Å². The van der Waals surface area contributed by atoms with Crippen LogP contribution in [0, 0.1) is 0 Å². The summed E-state index contributed by atoms with van der Waals surface area (Å²) in [6.07, 6.45) is 1.91. The lowest BCUT2D eigenvalue weighted by atomic mass is 10.1. The summed E-state index contributed by atoms with van der Waals surface area (Å²) in [6, 6.07) is 20.3. The third kappa shape index (κ3) is 3.48. The average Bonchev–Trinajstić information content (AvgIpc) is 3.40. The second-order valence-electron chi connectivity index (χ2n) is 5.77. The summed E-state index contributed by atoms with van der Waals surface area (Å²) in [5, 5.41) is 0. The highest BCUT2D eigenvalue weighted by Crippen LogP contribution is 2.34. The first-order chi connectivity index (χ1) is 10.8. The number of nitrogens with zero attached hydrogens (tertiary/aromatic N) is 1. The lowest BCUT2D eigenvalue weighted by molar-refractivity contribution is 0.0797. The Balaban J connectivity index is 1.67. The summed E-state index contributed by atoms with van der Waals surface area (Å²) in [4.78, 5) is 14.4. The van der Waals surface area contributed by atoms with Gasteiger partial charge in [-0.05, 0) is 30.9 Å². The molecule has 3 nitrogen and oxygen atoms in total. The summed E-state index contributed by atoms with van der Waals surface area (Å²) in [5.74, 6) is 0. The van der Waals surface area contributed by atoms with Crippen LogP contribution in [0.2, 0.25) is 0 Å². The first-order valence-corrected chi connectivity index (χ1v) is 7.79. The number of carbonyl (C=O) groups excluding carboxylic acids is 1. The zero-order valence-electron chi connectivity index (χ0n) is 12.8. The summed E-state index contributed by atoms with van der Waals surface area (Å²) < 4.78 is 5.52. The van der Waals surface area contributed by atoms with Gasteiger partial charge in [0.25, 0.3) is 0 Å². The van der Waals surface area contributed by atoms with Crippen molar-refractivity contribution in [2.75, 3.05) is 0 Å². The molecule has 1 aliphatic carbocycles. The van der Waals surface area contributed by atoms with Crippen molar-refractivity contribution < 1.29 is 9.53 Å². The molecule has 1 saturated carbocycles. The van der Waals surface area contributed by atoms with Crippen molar-refractivity contribution in [2.24, 2.45) is 0 Å². The topological polar surface area (TPSA) is 29.5 Å². The predicted octanol–water partition coefficient (Wildman–Crippen LogP) is 4.55. The van der Waals surface area contributed by atoms with E-state index in [1.165, 1.54) is 0 Å². The quantitative estimate of drug-likeness (QED) is 0.810. The van der Waals surface area contributed by atoms with Crippen LogP contribution in [0.25, 0.3) is 0 Å². The van der Waals surface area contributed by atoms with Gasteiger partial charge < -0.3 is 4.74 Å². The zero-order valence-corrected chi connectivity index (χ0v) is 12.8. The van der Waals surface area contributed by atoms with Crippen LogP contribution in [-0.4, -0.2) is 17.0 Å². The minimum absolute atomic E-state index is 0.0389. The van der Waals surface area contributed by atoms with Crippen LogP contribution in [0.3, 0.4) is 0 Å². The van der Waals surface area contributed by atoms with Gasteiger partial charge in [-0.3, -0.25) is 4.90 Å². The fraction of sp³-hybridized carbons (Fsp3) is 0.316. The molecule has 1 atom stereocenters. The highest BCUT2D eigenvalue weighted by atomic mass is 16.6. The fourth-order valence-corrected chi connectivity index (χ4v) is 2.66. The van der Waals surface area contributed by atoms with E-state index in [1.54, 1.807) is 0 Å². The van der Waals surface area contributed by atoms with Crippen molar-refractivity contribution in [3.05, 3.63) is 71.8 Å². The molecule has 2 aromatic rings. The van der Waals surface area contributed by atoms with Crippen molar-refractivity contribution in [3.8, 4) is 0 Å². The van der Waals surface area contributed by atoms with Crippen LogP contribution in [0.4, 0.5) is 4.79 Å². The molecule has 1 amide bonds. The molecule has 2 aromatic carbocycles.